The van der Waals surface area contributed by atoms with E-state index in [9.17, 15) is 9.59 Å². The summed E-state index contributed by atoms with van der Waals surface area (Å²) in [5, 5.41) is -0.304. The number of thioether (sulfide) groups is 1. The predicted octanol–water partition coefficient (Wildman–Crippen LogP) is 4.22. The second kappa shape index (κ2) is 7.72. The molecule has 0 unspecified atom stereocenters. The van der Waals surface area contributed by atoms with Gasteiger partial charge in [-0.1, -0.05) is 43.6 Å². The van der Waals surface area contributed by atoms with E-state index in [0.717, 1.165) is 20.7 Å². The van der Waals surface area contributed by atoms with Gasteiger partial charge in [0.25, 0.3) is 0 Å². The maximum atomic E-state index is 12.6. The molecule has 1 aliphatic heterocycles. The Morgan fingerprint density at radius 3 is 2.20 bits per heavy atom. The van der Waals surface area contributed by atoms with E-state index >= 15 is 0 Å². The summed E-state index contributed by atoms with van der Waals surface area (Å²) in [6.07, 6.45) is 0.107. The van der Waals surface area contributed by atoms with Crippen LogP contribution < -0.4 is 10.6 Å². The van der Waals surface area contributed by atoms with Crippen LogP contribution in [-0.2, 0) is 9.59 Å². The van der Waals surface area contributed by atoms with Gasteiger partial charge in [-0.3, -0.25) is 9.59 Å². The molecule has 25 heavy (non-hydrogen) atoms. The highest BCUT2D eigenvalue weighted by Crippen LogP contribution is 2.31. The molecular weight excluding hydrogens is 470 g/mol. The molecular formula is C17H13Br2N3O2S. The Balaban J connectivity index is 1.73. The summed E-state index contributed by atoms with van der Waals surface area (Å²) in [6.45, 7) is 0. The van der Waals surface area contributed by atoms with Crippen molar-refractivity contribution < 1.29 is 9.59 Å². The van der Waals surface area contributed by atoms with Crippen molar-refractivity contribution in [3.8, 4) is 0 Å². The van der Waals surface area contributed by atoms with Crippen LogP contribution in [0.15, 0.2) is 62.5 Å². The van der Waals surface area contributed by atoms with Gasteiger partial charge in [-0.25, -0.2) is 9.89 Å². The second-order valence-electron chi connectivity index (χ2n) is 5.28. The predicted molar refractivity (Wildman–Crippen MR) is 108 cm³/mol. The van der Waals surface area contributed by atoms with Gasteiger partial charge >= 0.3 is 0 Å². The van der Waals surface area contributed by atoms with Crippen LogP contribution in [0, 0.1) is 0 Å². The number of carbonyl (C=O) groups is 2. The lowest BCUT2D eigenvalue weighted by Gasteiger charge is -2.14. The van der Waals surface area contributed by atoms with E-state index in [2.05, 4.69) is 36.9 Å². The maximum Gasteiger partial charge on any atom is 0.247 e. The van der Waals surface area contributed by atoms with E-state index in [0.29, 0.717) is 11.4 Å². The first kappa shape index (κ1) is 18.2. The minimum Gasteiger partial charge on any atom is -0.378 e. The fourth-order valence-corrected chi connectivity index (χ4v) is 3.78. The topological polar surface area (TPSA) is 75.8 Å². The number of benzene rings is 2. The van der Waals surface area contributed by atoms with E-state index in [1.807, 2.05) is 24.3 Å². The molecule has 2 aromatic carbocycles. The number of carbonyl (C=O) groups excluding carboxylic acids is 2. The molecule has 0 aromatic heterocycles. The average molecular weight is 483 g/mol. The highest BCUT2D eigenvalue weighted by atomic mass is 79.9. The van der Waals surface area contributed by atoms with Crippen molar-refractivity contribution in [2.24, 2.45) is 10.7 Å². The molecule has 1 heterocycles. The number of amidine groups is 1. The summed E-state index contributed by atoms with van der Waals surface area (Å²) in [5.41, 5.74) is 7.20. The smallest absolute Gasteiger partial charge is 0.247 e. The highest BCUT2D eigenvalue weighted by Gasteiger charge is 2.40. The third-order valence-electron chi connectivity index (χ3n) is 3.52. The maximum absolute atomic E-state index is 12.6. The van der Waals surface area contributed by atoms with Crippen LogP contribution in [0.2, 0.25) is 0 Å². The first-order valence-corrected chi connectivity index (χ1v) is 9.79. The SMILES string of the molecule is NC(=Nc1ccc(Br)cc1)S[C@@H]1CC(=O)N(c2ccc(Br)cc2)C1=O. The van der Waals surface area contributed by atoms with Gasteiger partial charge < -0.3 is 5.73 Å². The van der Waals surface area contributed by atoms with Gasteiger partial charge in [-0.2, -0.15) is 0 Å². The number of rotatable bonds is 3. The number of aliphatic imine (C=N–C) groups is 1. The fraction of sp³-hybridized carbons (Fsp3) is 0.118. The summed E-state index contributed by atoms with van der Waals surface area (Å²) in [5.74, 6) is -0.507. The van der Waals surface area contributed by atoms with Gasteiger partial charge in [0.15, 0.2) is 5.17 Å². The van der Waals surface area contributed by atoms with Gasteiger partial charge in [0.2, 0.25) is 11.8 Å². The van der Waals surface area contributed by atoms with Crippen molar-refractivity contribution in [3.05, 3.63) is 57.5 Å². The standard InChI is InChI=1S/C17H13Br2N3O2S/c18-10-1-5-12(6-2-10)21-17(20)25-14-9-15(23)22(16(14)24)13-7-3-11(19)4-8-13/h1-8,14H,9H2,(H2,20,21)/t14-/m1/s1. The van der Waals surface area contributed by atoms with E-state index in [-0.39, 0.29) is 23.4 Å². The van der Waals surface area contributed by atoms with Crippen LogP contribution in [0.3, 0.4) is 0 Å². The summed E-state index contributed by atoms with van der Waals surface area (Å²) in [6, 6.07) is 14.4. The van der Waals surface area contributed by atoms with Gasteiger partial charge in [0, 0.05) is 15.4 Å². The Morgan fingerprint density at radius 1 is 1.04 bits per heavy atom. The number of amides is 2. The van der Waals surface area contributed by atoms with Crippen molar-refractivity contribution in [3.63, 3.8) is 0 Å². The summed E-state index contributed by atoms with van der Waals surface area (Å²) < 4.78 is 1.83. The van der Waals surface area contributed by atoms with E-state index < -0.39 is 5.25 Å². The number of imide groups is 1. The minimum absolute atomic E-state index is 0.107. The lowest BCUT2D eigenvalue weighted by atomic mass is 10.3. The summed E-state index contributed by atoms with van der Waals surface area (Å²) in [4.78, 5) is 30.3. The Kier molecular flexibility index (Phi) is 5.61. The fourth-order valence-electron chi connectivity index (χ4n) is 2.37. The first-order chi connectivity index (χ1) is 11.9. The van der Waals surface area contributed by atoms with Crippen LogP contribution in [0.5, 0.6) is 0 Å². The molecule has 0 saturated carbocycles. The first-order valence-electron chi connectivity index (χ1n) is 7.33. The third kappa shape index (κ3) is 4.31. The minimum atomic E-state index is -0.560. The number of halogens is 2. The average Bonchev–Trinajstić information content (AvgIpc) is 2.84. The van der Waals surface area contributed by atoms with Crippen LogP contribution in [0.4, 0.5) is 11.4 Å². The molecule has 8 heteroatoms. The number of anilines is 1. The highest BCUT2D eigenvalue weighted by molar-refractivity contribution is 9.10. The molecule has 2 aromatic rings. The number of hydrogen-bond acceptors (Lipinski definition) is 4. The zero-order chi connectivity index (χ0) is 18.0. The lowest BCUT2D eigenvalue weighted by Crippen LogP contribution is -2.31. The number of nitrogens with zero attached hydrogens (tertiary/aromatic N) is 2. The molecule has 0 aliphatic carbocycles. The molecule has 1 saturated heterocycles. The Morgan fingerprint density at radius 2 is 1.60 bits per heavy atom. The van der Waals surface area contributed by atoms with Crippen molar-refractivity contribution in [1.82, 2.24) is 0 Å². The lowest BCUT2D eigenvalue weighted by molar-refractivity contribution is -0.121. The summed E-state index contributed by atoms with van der Waals surface area (Å²) in [7, 11) is 0. The van der Waals surface area contributed by atoms with E-state index in [4.69, 9.17) is 5.73 Å². The van der Waals surface area contributed by atoms with Crippen LogP contribution in [-0.4, -0.2) is 22.2 Å². The number of hydrogen-bond donors (Lipinski definition) is 1. The Bertz CT molecular complexity index is 838. The van der Waals surface area contributed by atoms with Crippen molar-refractivity contribution >= 4 is 72.0 Å². The molecule has 2 N–H and O–H groups in total. The monoisotopic (exact) mass is 481 g/mol. The van der Waals surface area contributed by atoms with Crippen molar-refractivity contribution in [2.75, 3.05) is 4.90 Å². The zero-order valence-electron chi connectivity index (χ0n) is 12.9. The van der Waals surface area contributed by atoms with Crippen molar-refractivity contribution in [2.45, 2.75) is 11.7 Å². The molecule has 0 spiro atoms. The molecule has 1 fully saturated rings. The largest absolute Gasteiger partial charge is 0.378 e. The molecule has 2 amide bonds. The number of nitrogens with two attached hydrogens (primary N) is 1. The molecule has 0 bridgehead atoms. The van der Waals surface area contributed by atoms with Crippen LogP contribution in [0.1, 0.15) is 6.42 Å². The van der Waals surface area contributed by atoms with E-state index in [1.165, 1.54) is 4.90 Å². The van der Waals surface area contributed by atoms with Crippen LogP contribution >= 0.6 is 43.6 Å². The molecule has 3 rings (SSSR count). The van der Waals surface area contributed by atoms with E-state index in [1.54, 1.807) is 24.3 Å². The van der Waals surface area contributed by atoms with Crippen LogP contribution in [0.25, 0.3) is 0 Å². The quantitative estimate of drug-likeness (QED) is 0.403. The molecule has 5 nitrogen and oxygen atoms in total. The normalized spacial score (nSPS) is 18.1. The zero-order valence-corrected chi connectivity index (χ0v) is 16.8. The molecule has 1 aliphatic rings. The molecule has 1 atom stereocenters. The van der Waals surface area contributed by atoms with Gasteiger partial charge in [0.05, 0.1) is 11.4 Å². The Labute approximate surface area is 165 Å². The Hall–Kier alpha value is -1.64. The van der Waals surface area contributed by atoms with Gasteiger partial charge in [-0.05, 0) is 48.5 Å². The second-order valence-corrected chi connectivity index (χ2v) is 8.34. The van der Waals surface area contributed by atoms with Crippen molar-refractivity contribution in [1.29, 1.82) is 0 Å². The molecule has 0 radical (unpaired) electrons. The summed E-state index contributed by atoms with van der Waals surface area (Å²) >= 11 is 7.81. The molecule has 128 valence electrons. The van der Waals surface area contributed by atoms with Gasteiger partial charge in [-0.15, -0.1) is 0 Å². The third-order valence-corrected chi connectivity index (χ3v) is 5.56. The van der Waals surface area contributed by atoms with Gasteiger partial charge in [0.1, 0.15) is 5.25 Å².